The third-order valence-corrected chi connectivity index (χ3v) is 11.3. The van der Waals surface area contributed by atoms with Crippen molar-refractivity contribution in [2.75, 3.05) is 36.0 Å². The maximum absolute atomic E-state index is 6.72. The maximum atomic E-state index is 6.72. The summed E-state index contributed by atoms with van der Waals surface area (Å²) in [6.07, 6.45) is 6.65. The molecule has 0 amide bonds. The molecule has 2 aliphatic rings. The zero-order valence-electron chi connectivity index (χ0n) is 30.9. The van der Waals surface area contributed by atoms with Crippen LogP contribution in [-0.2, 0) is 0 Å². The summed E-state index contributed by atoms with van der Waals surface area (Å²) < 4.78 is 11.2. The summed E-state index contributed by atoms with van der Waals surface area (Å²) >= 11 is 0. The van der Waals surface area contributed by atoms with Gasteiger partial charge in [-0.1, -0.05) is 30.3 Å². The molecule has 9 rings (SSSR count). The van der Waals surface area contributed by atoms with Gasteiger partial charge in [-0.25, -0.2) is 9.67 Å². The molecule has 52 heavy (non-hydrogen) atoms. The smallest absolute Gasteiger partial charge is 0.161 e. The van der Waals surface area contributed by atoms with Crippen LogP contribution in [0.2, 0.25) is 0 Å². The van der Waals surface area contributed by atoms with Crippen molar-refractivity contribution in [2.24, 2.45) is 0 Å². The first kappa shape index (κ1) is 32.4. The average molecular weight is 687 g/mol. The molecule has 0 radical (unpaired) electrons. The van der Waals surface area contributed by atoms with Gasteiger partial charge >= 0.3 is 0 Å². The molecule has 2 aliphatic heterocycles. The Labute approximate surface area is 306 Å². The standard InChI is InChI=1S/C45H46N6O/c1-29-19-20-46-41(25-29)50-39-16-7-6-15-37(39)38-18-17-36(28-40(38)50)52-35-14-12-13-34(27-35)51-45(49-23-10-11-24-49)43(44(47-51)48-21-8-9-22-48)42-32(4)30(2)26-31(3)33(42)5/h6-7,12-20,25-28H,8-11,21-24H2,1-5H3. The van der Waals surface area contributed by atoms with E-state index in [0.717, 1.165) is 66.0 Å². The number of anilines is 2. The topological polar surface area (TPSA) is 51.4 Å². The van der Waals surface area contributed by atoms with Gasteiger partial charge in [0, 0.05) is 55.3 Å². The Kier molecular flexibility index (Phi) is 8.02. The lowest BCUT2D eigenvalue weighted by Crippen LogP contribution is -2.22. The van der Waals surface area contributed by atoms with Crippen LogP contribution in [0.25, 0.3) is 44.4 Å². The molecule has 2 fully saturated rings. The number of benzene rings is 4. The van der Waals surface area contributed by atoms with Crippen molar-refractivity contribution < 1.29 is 4.74 Å². The van der Waals surface area contributed by atoms with E-state index in [-0.39, 0.29) is 0 Å². The zero-order valence-corrected chi connectivity index (χ0v) is 30.9. The molecule has 7 nitrogen and oxygen atoms in total. The van der Waals surface area contributed by atoms with Gasteiger partial charge in [0.1, 0.15) is 23.1 Å². The van der Waals surface area contributed by atoms with E-state index in [1.165, 1.54) is 81.2 Å². The fourth-order valence-corrected chi connectivity index (χ4v) is 8.48. The van der Waals surface area contributed by atoms with Crippen LogP contribution in [0.5, 0.6) is 11.5 Å². The maximum Gasteiger partial charge on any atom is 0.161 e. The van der Waals surface area contributed by atoms with Gasteiger partial charge in [0.2, 0.25) is 0 Å². The van der Waals surface area contributed by atoms with Crippen molar-refractivity contribution in [3.63, 3.8) is 0 Å². The highest BCUT2D eigenvalue weighted by Gasteiger charge is 2.32. The second-order valence-electron chi connectivity index (χ2n) is 14.8. The summed E-state index contributed by atoms with van der Waals surface area (Å²) in [6.45, 7) is 15.3. The van der Waals surface area contributed by atoms with Gasteiger partial charge in [-0.2, -0.15) is 0 Å². The first-order chi connectivity index (χ1) is 25.4. The monoisotopic (exact) mass is 686 g/mol. The quantitative estimate of drug-likeness (QED) is 0.167. The van der Waals surface area contributed by atoms with Crippen molar-refractivity contribution in [1.82, 2.24) is 19.3 Å². The Morgan fingerprint density at radius 3 is 2.04 bits per heavy atom. The number of hydrogen-bond donors (Lipinski definition) is 0. The number of aryl methyl sites for hydroxylation is 3. The Balaban J connectivity index is 1.18. The van der Waals surface area contributed by atoms with E-state index in [1.807, 2.05) is 18.3 Å². The van der Waals surface area contributed by atoms with E-state index in [0.29, 0.717) is 0 Å². The lowest BCUT2D eigenvalue weighted by molar-refractivity contribution is 0.483. The van der Waals surface area contributed by atoms with Gasteiger partial charge in [0.25, 0.3) is 0 Å². The van der Waals surface area contributed by atoms with Crippen molar-refractivity contribution in [3.05, 3.63) is 119 Å². The van der Waals surface area contributed by atoms with Crippen LogP contribution >= 0.6 is 0 Å². The number of hydrogen-bond acceptors (Lipinski definition) is 5. The van der Waals surface area contributed by atoms with E-state index < -0.39 is 0 Å². The Morgan fingerprint density at radius 2 is 1.29 bits per heavy atom. The minimum atomic E-state index is 0.777. The van der Waals surface area contributed by atoms with Crippen LogP contribution in [0.1, 0.15) is 53.5 Å². The van der Waals surface area contributed by atoms with Gasteiger partial charge in [-0.15, -0.1) is 5.10 Å². The molecule has 3 aromatic heterocycles. The minimum absolute atomic E-state index is 0.777. The summed E-state index contributed by atoms with van der Waals surface area (Å²) in [4.78, 5) is 9.85. The lowest BCUT2D eigenvalue weighted by atomic mass is 9.90. The van der Waals surface area contributed by atoms with Gasteiger partial charge in [-0.05, 0) is 136 Å². The molecule has 262 valence electrons. The second-order valence-corrected chi connectivity index (χ2v) is 14.8. The highest BCUT2D eigenvalue weighted by atomic mass is 16.5. The third kappa shape index (κ3) is 5.42. The predicted octanol–water partition coefficient (Wildman–Crippen LogP) is 10.6. The van der Waals surface area contributed by atoms with Crippen LogP contribution in [0.4, 0.5) is 11.6 Å². The van der Waals surface area contributed by atoms with Crippen LogP contribution in [0.15, 0.2) is 91.1 Å². The van der Waals surface area contributed by atoms with E-state index in [1.54, 1.807) is 0 Å². The Bertz CT molecular complexity index is 2450. The Morgan fingerprint density at radius 1 is 0.596 bits per heavy atom. The van der Waals surface area contributed by atoms with E-state index in [9.17, 15) is 0 Å². The molecule has 7 heteroatoms. The Hall–Kier alpha value is -5.56. The predicted molar refractivity (Wildman–Crippen MR) is 214 cm³/mol. The normalized spacial score (nSPS) is 14.7. The SMILES string of the molecule is Cc1ccnc(-n2c3ccccc3c3ccc(Oc4cccc(-n5nc(N6CCCC6)c(-c6c(C)c(C)cc(C)c6C)c5N5CCCC5)c4)cc32)c1. The van der Waals surface area contributed by atoms with Gasteiger partial charge < -0.3 is 14.5 Å². The summed E-state index contributed by atoms with van der Waals surface area (Å²) in [5, 5.41) is 7.89. The highest BCUT2D eigenvalue weighted by molar-refractivity contribution is 6.09. The van der Waals surface area contributed by atoms with Crippen LogP contribution in [0.3, 0.4) is 0 Å². The molecular weight excluding hydrogens is 641 g/mol. The number of para-hydroxylation sites is 1. The molecule has 7 aromatic rings. The zero-order chi connectivity index (χ0) is 35.5. The number of fused-ring (bicyclic) bond motifs is 3. The van der Waals surface area contributed by atoms with Crippen molar-refractivity contribution in [2.45, 2.75) is 60.3 Å². The number of nitrogens with zero attached hydrogens (tertiary/aromatic N) is 6. The van der Waals surface area contributed by atoms with Crippen molar-refractivity contribution in [1.29, 1.82) is 0 Å². The molecule has 0 spiro atoms. The fraction of sp³-hybridized carbons (Fsp3) is 0.289. The summed E-state index contributed by atoms with van der Waals surface area (Å²) in [6, 6.07) is 29.9. The summed E-state index contributed by atoms with van der Waals surface area (Å²) in [5.41, 5.74) is 12.3. The molecule has 4 aromatic carbocycles. The number of pyridine rings is 1. The van der Waals surface area contributed by atoms with Gasteiger partial charge in [0.05, 0.1) is 22.3 Å². The second kappa shape index (κ2) is 12.9. The van der Waals surface area contributed by atoms with E-state index in [2.05, 4.69) is 126 Å². The summed E-state index contributed by atoms with van der Waals surface area (Å²) in [7, 11) is 0. The molecule has 0 bridgehead atoms. The molecule has 0 aliphatic carbocycles. The van der Waals surface area contributed by atoms with Crippen molar-refractivity contribution in [3.8, 4) is 34.1 Å². The molecule has 0 atom stereocenters. The van der Waals surface area contributed by atoms with Crippen LogP contribution in [-0.4, -0.2) is 45.5 Å². The fourth-order valence-electron chi connectivity index (χ4n) is 8.48. The molecule has 0 saturated carbocycles. The number of rotatable bonds is 7. The van der Waals surface area contributed by atoms with Crippen molar-refractivity contribution >= 4 is 33.4 Å². The molecule has 2 saturated heterocycles. The third-order valence-electron chi connectivity index (χ3n) is 11.3. The summed E-state index contributed by atoms with van der Waals surface area (Å²) in [5.74, 6) is 4.76. The highest BCUT2D eigenvalue weighted by Crippen LogP contribution is 2.46. The van der Waals surface area contributed by atoms with E-state index in [4.69, 9.17) is 14.8 Å². The molecule has 0 unspecified atom stereocenters. The largest absolute Gasteiger partial charge is 0.457 e. The first-order valence-corrected chi connectivity index (χ1v) is 18.8. The van der Waals surface area contributed by atoms with Gasteiger partial charge in [0.15, 0.2) is 5.82 Å². The average Bonchev–Trinajstić information content (AvgIpc) is 3.97. The van der Waals surface area contributed by atoms with Gasteiger partial charge in [-0.3, -0.25) is 4.57 Å². The number of aromatic nitrogens is 4. The minimum Gasteiger partial charge on any atom is -0.457 e. The first-order valence-electron chi connectivity index (χ1n) is 18.8. The van der Waals surface area contributed by atoms with Crippen LogP contribution in [0, 0.1) is 34.6 Å². The molecular formula is C45H46N6O. The lowest BCUT2D eigenvalue weighted by Gasteiger charge is -2.25. The molecule has 5 heterocycles. The van der Waals surface area contributed by atoms with E-state index >= 15 is 0 Å². The van der Waals surface area contributed by atoms with Crippen LogP contribution < -0.4 is 14.5 Å². The number of ether oxygens (including phenoxy) is 1. The molecule has 0 N–H and O–H groups in total.